The summed E-state index contributed by atoms with van der Waals surface area (Å²) in [7, 11) is 0. The number of imidazole rings is 7. The Bertz CT molecular complexity index is 5240. The number of allylic oxidation sites excluding steroid dienone is 2. The van der Waals surface area contributed by atoms with Crippen molar-refractivity contribution in [3.8, 4) is 0 Å². The molecule has 15 rings (SSSR count). The number of aromatic amines is 7. The molecule has 7 atom stereocenters. The van der Waals surface area contributed by atoms with Crippen molar-refractivity contribution in [1.29, 1.82) is 0 Å². The van der Waals surface area contributed by atoms with E-state index in [1.807, 2.05) is 52.8 Å². The molecule has 14 aromatic rings. The molecule has 124 heavy (non-hydrogen) atoms. The van der Waals surface area contributed by atoms with Gasteiger partial charge >= 0.3 is 0 Å². The standard InChI is InChI=1S/C14H16FN3O.C13H15ClN2O.3C13H14F2N2O.2C13H13FN2O/c15-10-3-4-11(13(19)14-16-5-6-17-14)12(9-10)18-7-1-2-8-18;1-2-4-9-10(5-3-6-11(9)14)12(17)13-15-7-8-16-13;3*1-2-3-8-9(4-5-10(14)11(8)15)12(18)13-16-6-7-17-13;2*1-2-3-9-8-10(14)4-5-11(9)12(17)13-15-6-7-16-13/h3-6,9,13,19H,1-2,7-8H2,(H,16,17);3,5-8,12,17H,2,4H2,1H3,(H,15,16);3*4-7,12,18H,2-3H2,1H3,(H,16,17);2*2-8,12,17H,1H3,(H,15,16)/b;;;;;3-2+;3-2-. The minimum Gasteiger partial charge on any atom is -0.380 e. The van der Waals surface area contributed by atoms with Gasteiger partial charge < -0.3 is 75.5 Å². The van der Waals surface area contributed by atoms with Crippen LogP contribution >= 0.6 is 11.6 Å². The van der Waals surface area contributed by atoms with E-state index in [2.05, 4.69) is 81.6 Å². The number of rotatable bonds is 25. The van der Waals surface area contributed by atoms with Gasteiger partial charge in [0.15, 0.2) is 34.9 Å². The Morgan fingerprint density at radius 2 is 0.597 bits per heavy atom. The van der Waals surface area contributed by atoms with Crippen LogP contribution in [0.2, 0.25) is 5.02 Å². The van der Waals surface area contributed by atoms with Gasteiger partial charge in [-0.2, -0.15) is 0 Å². The number of H-pyrrole nitrogens is 7. The van der Waals surface area contributed by atoms with Crippen molar-refractivity contribution >= 4 is 29.4 Å². The summed E-state index contributed by atoms with van der Waals surface area (Å²) in [5.41, 5.74) is 7.52. The highest BCUT2D eigenvalue weighted by Gasteiger charge is 2.28. The first-order valence-electron chi connectivity index (χ1n) is 40.2. The Morgan fingerprint density at radius 3 is 0.879 bits per heavy atom. The fourth-order valence-electron chi connectivity index (χ4n) is 13.7. The lowest BCUT2D eigenvalue weighted by atomic mass is 9.97. The van der Waals surface area contributed by atoms with Crippen molar-refractivity contribution in [2.24, 2.45) is 0 Å². The highest BCUT2D eigenvalue weighted by atomic mass is 35.5. The number of nitrogens with zero attached hydrogens (tertiary/aromatic N) is 8. The number of nitrogens with one attached hydrogen (secondary N) is 7. The molecule has 7 aromatic carbocycles. The van der Waals surface area contributed by atoms with Gasteiger partial charge in [-0.25, -0.2) is 74.4 Å². The minimum absolute atomic E-state index is 0.210. The van der Waals surface area contributed by atoms with Gasteiger partial charge in [-0.05, 0) is 180 Å². The Labute approximate surface area is 716 Å². The van der Waals surface area contributed by atoms with E-state index in [0.29, 0.717) is 129 Å². The van der Waals surface area contributed by atoms with Crippen LogP contribution in [0.3, 0.4) is 0 Å². The van der Waals surface area contributed by atoms with Crippen molar-refractivity contribution in [1.82, 2.24) is 69.8 Å². The molecular formula is C92H99ClF9N15O7. The lowest BCUT2D eigenvalue weighted by Crippen LogP contribution is -2.21. The zero-order valence-corrected chi connectivity index (χ0v) is 69.6. The maximum Gasteiger partial charge on any atom is 0.162 e. The largest absolute Gasteiger partial charge is 0.380 e. The summed E-state index contributed by atoms with van der Waals surface area (Å²) >= 11 is 6.17. The van der Waals surface area contributed by atoms with E-state index in [9.17, 15) is 75.3 Å². The highest BCUT2D eigenvalue weighted by Crippen LogP contribution is 2.36. The van der Waals surface area contributed by atoms with Crippen LogP contribution in [0.4, 0.5) is 45.2 Å². The van der Waals surface area contributed by atoms with E-state index in [-0.39, 0.29) is 34.1 Å². The first-order chi connectivity index (χ1) is 59.9. The van der Waals surface area contributed by atoms with E-state index in [1.54, 1.807) is 111 Å². The number of hydrogen-bond acceptors (Lipinski definition) is 15. The lowest BCUT2D eigenvalue weighted by molar-refractivity contribution is 0.208. The van der Waals surface area contributed by atoms with Gasteiger partial charge in [0.1, 0.15) is 101 Å². The number of aromatic nitrogens is 14. The van der Waals surface area contributed by atoms with E-state index >= 15 is 0 Å². The molecule has 1 aliphatic rings. The Hall–Kier alpha value is -12.3. The Morgan fingerprint density at radius 1 is 0.339 bits per heavy atom. The van der Waals surface area contributed by atoms with E-state index in [4.69, 9.17) is 11.6 Å². The minimum atomic E-state index is -1.07. The second kappa shape index (κ2) is 47.9. The molecule has 0 amide bonds. The molecule has 0 spiro atoms. The molecular weight excluding hydrogens is 1630 g/mol. The van der Waals surface area contributed by atoms with E-state index in [1.165, 1.54) is 73.2 Å². The predicted molar refractivity (Wildman–Crippen MR) is 455 cm³/mol. The van der Waals surface area contributed by atoms with Gasteiger partial charge in [0.2, 0.25) is 0 Å². The molecule has 8 heterocycles. The summed E-state index contributed by atoms with van der Waals surface area (Å²) in [5.74, 6) is -3.41. The molecule has 14 N–H and O–H groups in total. The molecule has 0 radical (unpaired) electrons. The second-order valence-electron chi connectivity index (χ2n) is 28.2. The van der Waals surface area contributed by atoms with Crippen molar-refractivity contribution < 1.29 is 75.3 Å². The molecule has 1 fully saturated rings. The van der Waals surface area contributed by atoms with Crippen LogP contribution in [0.5, 0.6) is 0 Å². The fraction of sp³-hybridized carbons (Fsp3) is 0.272. The maximum atomic E-state index is 13.7. The summed E-state index contributed by atoms with van der Waals surface area (Å²) in [4.78, 5) is 49.8. The normalized spacial score (nSPS) is 13.4. The smallest absolute Gasteiger partial charge is 0.162 e. The van der Waals surface area contributed by atoms with Crippen LogP contribution in [-0.4, -0.2) is 119 Å². The second-order valence-corrected chi connectivity index (χ2v) is 28.6. The quantitative estimate of drug-likeness (QED) is 0.0237. The molecule has 0 bridgehead atoms. The van der Waals surface area contributed by atoms with Gasteiger partial charge in [0.05, 0.1) is 0 Å². The lowest BCUT2D eigenvalue weighted by Gasteiger charge is -2.23. The number of hydrogen-bond donors (Lipinski definition) is 14. The van der Waals surface area contributed by atoms with Crippen molar-refractivity contribution in [2.45, 2.75) is 148 Å². The summed E-state index contributed by atoms with van der Waals surface area (Å²) in [6, 6.07) is 25.9. The summed E-state index contributed by atoms with van der Waals surface area (Å²) in [6.07, 6.45) is 29.9. The van der Waals surface area contributed by atoms with Crippen LogP contribution in [0.15, 0.2) is 208 Å². The third kappa shape index (κ3) is 25.4. The highest BCUT2D eigenvalue weighted by molar-refractivity contribution is 6.31. The average Bonchev–Trinajstić information content (AvgIpc) is 1.26. The SMILES string of the molecule is C/C=C/c1cc(F)ccc1C(O)c1ncc[nH]1.C/C=C\c1cc(F)ccc1C(O)c1ncc[nH]1.CCCc1c(C(O)c2ncc[nH]2)ccc(F)c1F.CCCc1c(C(O)c2ncc[nH]2)ccc(F)c1F.CCCc1c(C(O)c2ncc[nH]2)ccc(F)c1F.CCCc1c(Cl)cccc1C(O)c1ncc[nH]1.OC(c1ncc[nH]1)c1ccc(F)cc1N1CCCC1. The zero-order chi connectivity index (χ0) is 89.4. The molecule has 22 nitrogen and oxygen atoms in total. The summed E-state index contributed by atoms with van der Waals surface area (Å²) in [6.45, 7) is 13.2. The monoisotopic (exact) mass is 1730 g/mol. The zero-order valence-electron chi connectivity index (χ0n) is 68.8. The number of aliphatic hydroxyl groups excluding tert-OH is 7. The Kier molecular flexibility index (Phi) is 36.9. The summed E-state index contributed by atoms with van der Waals surface area (Å²) < 4.78 is 121. The van der Waals surface area contributed by atoms with Crippen LogP contribution in [0.25, 0.3) is 12.2 Å². The van der Waals surface area contributed by atoms with Gasteiger partial charge in [-0.15, -0.1) is 0 Å². The third-order valence-electron chi connectivity index (χ3n) is 19.6. The first kappa shape index (κ1) is 95.5. The van der Waals surface area contributed by atoms with Crippen molar-refractivity contribution in [3.63, 3.8) is 0 Å². The topological polar surface area (TPSA) is 346 Å². The van der Waals surface area contributed by atoms with Gasteiger partial charge in [-0.3, -0.25) is 0 Å². The Balaban J connectivity index is 0.000000164. The average molecular weight is 1730 g/mol. The van der Waals surface area contributed by atoms with Crippen molar-refractivity contribution in [2.75, 3.05) is 18.0 Å². The van der Waals surface area contributed by atoms with Gasteiger partial charge in [0, 0.05) is 116 Å². The van der Waals surface area contributed by atoms with Crippen LogP contribution in [0.1, 0.15) is 236 Å². The van der Waals surface area contributed by atoms with E-state index < -0.39 is 77.6 Å². The van der Waals surface area contributed by atoms with Crippen LogP contribution in [0, 0.1) is 52.4 Å². The molecule has 654 valence electrons. The number of anilines is 1. The first-order valence-corrected chi connectivity index (χ1v) is 40.5. The number of aliphatic hydroxyl groups is 7. The molecule has 1 aliphatic heterocycles. The number of benzene rings is 7. The molecule has 7 aromatic heterocycles. The van der Waals surface area contributed by atoms with Crippen LogP contribution < -0.4 is 4.90 Å². The van der Waals surface area contributed by atoms with Gasteiger partial charge in [-0.1, -0.05) is 138 Å². The van der Waals surface area contributed by atoms with E-state index in [0.717, 1.165) is 73.8 Å². The maximum absolute atomic E-state index is 13.7. The molecule has 0 aliphatic carbocycles. The molecule has 32 heteroatoms. The number of halogens is 10. The third-order valence-corrected chi connectivity index (χ3v) is 19.9. The van der Waals surface area contributed by atoms with Gasteiger partial charge in [0.25, 0.3) is 0 Å². The fourth-order valence-corrected chi connectivity index (χ4v) is 14.0. The summed E-state index contributed by atoms with van der Waals surface area (Å²) in [5, 5.41) is 72.0. The molecule has 7 unspecified atom stereocenters. The predicted octanol–water partition coefficient (Wildman–Crippen LogP) is 18.8. The van der Waals surface area contributed by atoms with Crippen LogP contribution in [-0.2, 0) is 25.7 Å². The van der Waals surface area contributed by atoms with Crippen molar-refractivity contribution in [3.05, 3.63) is 379 Å². The molecule has 0 saturated carbocycles. The molecule has 1 saturated heterocycles.